The maximum atomic E-state index is 5.76. The van der Waals surface area contributed by atoms with Gasteiger partial charge in [0.1, 0.15) is 5.75 Å². The first kappa shape index (κ1) is 10.9. The fourth-order valence-corrected chi connectivity index (χ4v) is 2.19. The highest BCUT2D eigenvalue weighted by Crippen LogP contribution is 2.42. The maximum Gasteiger partial charge on any atom is 0.121 e. The number of benzene rings is 1. The zero-order chi connectivity index (χ0) is 10.8. The van der Waals surface area contributed by atoms with E-state index < -0.39 is 0 Å². The van der Waals surface area contributed by atoms with Gasteiger partial charge in [-0.1, -0.05) is 0 Å². The van der Waals surface area contributed by atoms with Gasteiger partial charge in [-0.3, -0.25) is 0 Å². The van der Waals surface area contributed by atoms with Crippen LogP contribution in [0.3, 0.4) is 0 Å². The van der Waals surface area contributed by atoms with E-state index in [-0.39, 0.29) is 6.10 Å². The molecule has 2 heteroatoms. The van der Waals surface area contributed by atoms with Crippen molar-refractivity contribution in [3.05, 3.63) is 23.8 Å². The van der Waals surface area contributed by atoms with Crippen LogP contribution in [0.5, 0.6) is 5.75 Å². The van der Waals surface area contributed by atoms with E-state index in [1.165, 1.54) is 23.3 Å². The Morgan fingerprint density at radius 3 is 2.53 bits per heavy atom. The fourth-order valence-electron chi connectivity index (χ4n) is 1.70. The first-order chi connectivity index (χ1) is 7.19. The van der Waals surface area contributed by atoms with E-state index in [0.29, 0.717) is 0 Å². The second-order valence-electron chi connectivity index (χ2n) is 4.38. The summed E-state index contributed by atoms with van der Waals surface area (Å²) in [5.41, 5.74) is 1.46. The minimum absolute atomic E-state index is 0.258. The zero-order valence-electron chi connectivity index (χ0n) is 9.62. The van der Waals surface area contributed by atoms with Crippen LogP contribution in [0.4, 0.5) is 0 Å². The van der Waals surface area contributed by atoms with Crippen LogP contribution in [0.25, 0.3) is 0 Å². The summed E-state index contributed by atoms with van der Waals surface area (Å²) in [7, 11) is 0. The maximum absolute atomic E-state index is 5.76. The van der Waals surface area contributed by atoms with Gasteiger partial charge in [0, 0.05) is 4.90 Å². The second-order valence-corrected chi connectivity index (χ2v) is 5.26. The average Bonchev–Trinajstić information content (AvgIpc) is 2.99. The Morgan fingerprint density at radius 1 is 1.27 bits per heavy atom. The van der Waals surface area contributed by atoms with E-state index in [0.717, 1.165) is 11.7 Å². The van der Waals surface area contributed by atoms with Crippen LogP contribution < -0.4 is 4.74 Å². The lowest BCUT2D eigenvalue weighted by Crippen LogP contribution is -2.05. The molecule has 15 heavy (non-hydrogen) atoms. The summed E-state index contributed by atoms with van der Waals surface area (Å²) >= 11 is 1.79. The lowest BCUT2D eigenvalue weighted by molar-refractivity contribution is 0.241. The molecule has 1 aliphatic carbocycles. The molecule has 0 amide bonds. The van der Waals surface area contributed by atoms with E-state index >= 15 is 0 Å². The van der Waals surface area contributed by atoms with E-state index in [9.17, 15) is 0 Å². The largest absolute Gasteiger partial charge is 0.491 e. The molecule has 0 unspecified atom stereocenters. The van der Waals surface area contributed by atoms with E-state index in [1.54, 1.807) is 11.8 Å². The van der Waals surface area contributed by atoms with Gasteiger partial charge in [0.25, 0.3) is 0 Å². The Labute approximate surface area is 96.2 Å². The fraction of sp³-hybridized carbons (Fsp3) is 0.538. The molecule has 0 aliphatic heterocycles. The van der Waals surface area contributed by atoms with Crippen LogP contribution in [0, 0.1) is 0 Å². The third-order valence-electron chi connectivity index (χ3n) is 2.56. The molecule has 1 aromatic carbocycles. The summed E-state index contributed by atoms with van der Waals surface area (Å²) in [6.45, 7) is 4.14. The highest BCUT2D eigenvalue weighted by Gasteiger charge is 2.24. The van der Waals surface area contributed by atoms with Gasteiger partial charge in [-0.25, -0.2) is 0 Å². The van der Waals surface area contributed by atoms with Crippen molar-refractivity contribution in [1.82, 2.24) is 0 Å². The molecule has 0 radical (unpaired) electrons. The van der Waals surface area contributed by atoms with Gasteiger partial charge in [-0.05, 0) is 62.6 Å². The predicted molar refractivity (Wildman–Crippen MR) is 66.0 cm³/mol. The van der Waals surface area contributed by atoms with Gasteiger partial charge in [-0.15, -0.1) is 11.8 Å². The topological polar surface area (TPSA) is 9.23 Å². The van der Waals surface area contributed by atoms with Crippen LogP contribution in [-0.2, 0) is 0 Å². The average molecular weight is 222 g/mol. The third-order valence-corrected chi connectivity index (χ3v) is 3.27. The minimum Gasteiger partial charge on any atom is -0.491 e. The minimum atomic E-state index is 0.258. The Balaban J connectivity index is 2.24. The van der Waals surface area contributed by atoms with Crippen molar-refractivity contribution in [1.29, 1.82) is 0 Å². The van der Waals surface area contributed by atoms with Gasteiger partial charge < -0.3 is 4.74 Å². The SMILES string of the molecule is CSc1cc(OC(C)C)cc(C2CC2)c1. The lowest BCUT2D eigenvalue weighted by atomic mass is 10.1. The first-order valence-electron chi connectivity index (χ1n) is 5.54. The molecule has 0 heterocycles. The molecule has 1 fully saturated rings. The van der Waals surface area contributed by atoms with Crippen molar-refractivity contribution in [3.8, 4) is 5.75 Å². The Bertz CT molecular complexity index is 342. The van der Waals surface area contributed by atoms with Crippen LogP contribution in [0.15, 0.2) is 23.1 Å². The van der Waals surface area contributed by atoms with Gasteiger partial charge in [0.05, 0.1) is 6.10 Å². The molecular weight excluding hydrogens is 204 g/mol. The predicted octanol–water partition coefficient (Wildman–Crippen LogP) is 4.07. The molecule has 0 atom stereocenters. The second kappa shape index (κ2) is 4.48. The molecular formula is C13H18OS. The summed E-state index contributed by atoms with van der Waals surface area (Å²) in [4.78, 5) is 1.31. The highest BCUT2D eigenvalue weighted by molar-refractivity contribution is 7.98. The number of hydrogen-bond acceptors (Lipinski definition) is 2. The summed E-state index contributed by atoms with van der Waals surface area (Å²) in [6.07, 6.45) is 5.07. The van der Waals surface area contributed by atoms with Crippen molar-refractivity contribution < 1.29 is 4.74 Å². The van der Waals surface area contributed by atoms with Crippen LogP contribution in [0.2, 0.25) is 0 Å². The molecule has 1 saturated carbocycles. The summed E-state index contributed by atoms with van der Waals surface area (Å²) in [6, 6.07) is 6.64. The Kier molecular flexibility index (Phi) is 3.25. The van der Waals surface area contributed by atoms with E-state index in [4.69, 9.17) is 4.74 Å². The van der Waals surface area contributed by atoms with Gasteiger partial charge in [0.15, 0.2) is 0 Å². The van der Waals surface area contributed by atoms with E-state index in [2.05, 4.69) is 38.3 Å². The lowest BCUT2D eigenvalue weighted by Gasteiger charge is -2.12. The smallest absolute Gasteiger partial charge is 0.121 e. The molecule has 0 bridgehead atoms. The van der Waals surface area contributed by atoms with Crippen molar-refractivity contribution in [3.63, 3.8) is 0 Å². The number of hydrogen-bond donors (Lipinski definition) is 0. The molecule has 0 N–H and O–H groups in total. The Hall–Kier alpha value is -0.630. The van der Waals surface area contributed by atoms with Crippen molar-refractivity contribution in [2.24, 2.45) is 0 Å². The summed E-state index contributed by atoms with van der Waals surface area (Å²) in [5.74, 6) is 1.82. The van der Waals surface area contributed by atoms with Crippen LogP contribution >= 0.6 is 11.8 Å². The quantitative estimate of drug-likeness (QED) is 0.710. The first-order valence-corrected chi connectivity index (χ1v) is 6.77. The number of rotatable bonds is 4. The zero-order valence-corrected chi connectivity index (χ0v) is 10.4. The molecule has 1 aliphatic rings. The molecule has 1 aromatic rings. The summed E-state index contributed by atoms with van der Waals surface area (Å²) < 4.78 is 5.76. The van der Waals surface area contributed by atoms with Gasteiger partial charge in [-0.2, -0.15) is 0 Å². The van der Waals surface area contributed by atoms with E-state index in [1.807, 2.05) is 0 Å². The molecule has 1 nitrogen and oxygen atoms in total. The van der Waals surface area contributed by atoms with Crippen LogP contribution in [-0.4, -0.2) is 12.4 Å². The van der Waals surface area contributed by atoms with Crippen molar-refractivity contribution >= 4 is 11.8 Å². The molecule has 2 rings (SSSR count). The third kappa shape index (κ3) is 2.91. The van der Waals surface area contributed by atoms with Crippen molar-refractivity contribution in [2.75, 3.05) is 6.26 Å². The number of ether oxygens (including phenoxy) is 1. The molecule has 0 saturated heterocycles. The monoisotopic (exact) mass is 222 g/mol. The van der Waals surface area contributed by atoms with Crippen LogP contribution in [0.1, 0.15) is 38.2 Å². The summed E-state index contributed by atoms with van der Waals surface area (Å²) in [5, 5.41) is 0. The molecule has 82 valence electrons. The van der Waals surface area contributed by atoms with Gasteiger partial charge >= 0.3 is 0 Å². The molecule has 0 aromatic heterocycles. The standard InChI is InChI=1S/C13H18OS/c1-9(2)14-12-6-11(10-4-5-10)7-13(8-12)15-3/h6-10H,4-5H2,1-3H3. The van der Waals surface area contributed by atoms with Crippen molar-refractivity contribution in [2.45, 2.75) is 43.6 Å². The normalized spacial score (nSPS) is 15.7. The highest BCUT2D eigenvalue weighted by atomic mass is 32.2. The number of thioether (sulfide) groups is 1. The Morgan fingerprint density at radius 2 is 2.00 bits per heavy atom. The van der Waals surface area contributed by atoms with Gasteiger partial charge in [0.2, 0.25) is 0 Å². The molecule has 0 spiro atoms.